The van der Waals surface area contributed by atoms with Gasteiger partial charge >= 0.3 is 0 Å². The van der Waals surface area contributed by atoms with Crippen molar-refractivity contribution < 1.29 is 0 Å². The second-order valence-electron chi connectivity index (χ2n) is 2.30. The third kappa shape index (κ3) is 5.16. The Morgan fingerprint density at radius 1 is 1.60 bits per heavy atom. The summed E-state index contributed by atoms with van der Waals surface area (Å²) in [6.45, 7) is 7.65. The molecule has 0 heterocycles. The number of allylic oxidation sites excluding steroid dienone is 4. The fourth-order valence-corrected chi connectivity index (χ4v) is 0.492. The van der Waals surface area contributed by atoms with Crippen LogP contribution in [-0.2, 0) is 0 Å². The van der Waals surface area contributed by atoms with Gasteiger partial charge in [0.2, 0.25) is 0 Å². The van der Waals surface area contributed by atoms with Crippen LogP contribution in [0.4, 0.5) is 0 Å². The first kappa shape index (κ1) is 9.02. The van der Waals surface area contributed by atoms with E-state index in [0.717, 1.165) is 6.42 Å². The Morgan fingerprint density at radius 2 is 2.20 bits per heavy atom. The van der Waals surface area contributed by atoms with Gasteiger partial charge in [-0.3, -0.25) is 0 Å². The molecule has 0 unspecified atom stereocenters. The Hall–Kier alpha value is -0.980. The lowest BCUT2D eigenvalue weighted by molar-refractivity contribution is 1.18. The summed E-state index contributed by atoms with van der Waals surface area (Å²) in [4.78, 5) is 0. The van der Waals surface area contributed by atoms with Crippen LogP contribution in [0.25, 0.3) is 0 Å². The Kier molecular flexibility index (Phi) is 4.38. The minimum atomic E-state index is 0.708. The molecule has 0 radical (unpaired) electrons. The molecule has 56 valence electrons. The van der Waals surface area contributed by atoms with E-state index in [4.69, 9.17) is 5.73 Å². The van der Waals surface area contributed by atoms with E-state index in [2.05, 4.69) is 19.6 Å². The predicted octanol–water partition coefficient (Wildman–Crippen LogP) is 2.37. The van der Waals surface area contributed by atoms with Gasteiger partial charge in [0, 0.05) is 12.1 Å². The van der Waals surface area contributed by atoms with Gasteiger partial charge in [0.15, 0.2) is 0 Å². The SMILES string of the molecule is C=C(N)C/C=C\C(C)=C/C. The van der Waals surface area contributed by atoms with Crippen molar-refractivity contribution in [1.82, 2.24) is 0 Å². The maximum absolute atomic E-state index is 5.35. The third-order valence-corrected chi connectivity index (χ3v) is 1.22. The van der Waals surface area contributed by atoms with Crippen LogP contribution in [0.3, 0.4) is 0 Å². The molecular weight excluding hydrogens is 122 g/mol. The molecule has 0 aliphatic carbocycles. The average molecular weight is 137 g/mol. The van der Waals surface area contributed by atoms with Crippen LogP contribution in [0.2, 0.25) is 0 Å². The zero-order valence-corrected chi connectivity index (χ0v) is 6.72. The van der Waals surface area contributed by atoms with Gasteiger partial charge in [-0.25, -0.2) is 0 Å². The van der Waals surface area contributed by atoms with Gasteiger partial charge in [-0.1, -0.05) is 30.4 Å². The number of nitrogens with two attached hydrogens (primary N) is 1. The molecule has 0 saturated carbocycles. The van der Waals surface area contributed by atoms with Gasteiger partial charge in [0.1, 0.15) is 0 Å². The summed E-state index contributed by atoms with van der Waals surface area (Å²) in [5.74, 6) is 0. The maximum Gasteiger partial charge on any atom is 0.00464 e. The molecule has 0 spiro atoms. The van der Waals surface area contributed by atoms with E-state index in [1.807, 2.05) is 19.1 Å². The largest absolute Gasteiger partial charge is 0.402 e. The van der Waals surface area contributed by atoms with Crippen molar-refractivity contribution in [1.29, 1.82) is 0 Å². The molecule has 0 aliphatic rings. The minimum absolute atomic E-state index is 0.708. The topological polar surface area (TPSA) is 26.0 Å². The van der Waals surface area contributed by atoms with Crippen molar-refractivity contribution in [3.8, 4) is 0 Å². The summed E-state index contributed by atoms with van der Waals surface area (Å²) in [6.07, 6.45) is 6.87. The average Bonchev–Trinajstić information content (AvgIpc) is 1.87. The lowest BCUT2D eigenvalue weighted by Crippen LogP contribution is -1.90. The fourth-order valence-electron chi connectivity index (χ4n) is 0.492. The highest BCUT2D eigenvalue weighted by atomic mass is 14.5. The Balaban J connectivity index is 3.67. The van der Waals surface area contributed by atoms with Crippen molar-refractivity contribution in [3.05, 3.63) is 36.1 Å². The highest BCUT2D eigenvalue weighted by Gasteiger charge is 1.79. The van der Waals surface area contributed by atoms with Crippen LogP contribution in [-0.4, -0.2) is 0 Å². The van der Waals surface area contributed by atoms with E-state index in [0.29, 0.717) is 5.70 Å². The summed E-state index contributed by atoms with van der Waals surface area (Å²) < 4.78 is 0. The second-order valence-corrected chi connectivity index (χ2v) is 2.30. The Labute approximate surface area is 62.9 Å². The lowest BCUT2D eigenvalue weighted by atomic mass is 10.2. The predicted molar refractivity (Wildman–Crippen MR) is 46.5 cm³/mol. The van der Waals surface area contributed by atoms with E-state index in [9.17, 15) is 0 Å². The summed E-state index contributed by atoms with van der Waals surface area (Å²) in [7, 11) is 0. The summed E-state index contributed by atoms with van der Waals surface area (Å²) in [5, 5.41) is 0. The molecule has 0 aromatic carbocycles. The van der Waals surface area contributed by atoms with Crippen molar-refractivity contribution >= 4 is 0 Å². The van der Waals surface area contributed by atoms with Crippen molar-refractivity contribution in [3.63, 3.8) is 0 Å². The molecule has 0 atom stereocenters. The number of hydrogen-bond donors (Lipinski definition) is 1. The van der Waals surface area contributed by atoms with Crippen LogP contribution in [0, 0.1) is 0 Å². The monoisotopic (exact) mass is 137 g/mol. The highest BCUT2D eigenvalue weighted by molar-refractivity contribution is 5.16. The van der Waals surface area contributed by atoms with E-state index >= 15 is 0 Å². The lowest BCUT2D eigenvalue weighted by Gasteiger charge is -1.90. The van der Waals surface area contributed by atoms with E-state index < -0.39 is 0 Å². The summed E-state index contributed by atoms with van der Waals surface area (Å²) >= 11 is 0. The molecule has 0 saturated heterocycles. The maximum atomic E-state index is 5.35. The molecule has 0 aliphatic heterocycles. The molecule has 0 aromatic heterocycles. The van der Waals surface area contributed by atoms with E-state index in [1.165, 1.54) is 5.57 Å². The zero-order valence-electron chi connectivity index (χ0n) is 6.72. The van der Waals surface area contributed by atoms with Gasteiger partial charge in [-0.05, 0) is 13.8 Å². The molecule has 10 heavy (non-hydrogen) atoms. The molecule has 0 rings (SSSR count). The van der Waals surface area contributed by atoms with Crippen LogP contribution in [0.15, 0.2) is 36.1 Å². The first-order chi connectivity index (χ1) is 4.66. The molecule has 0 amide bonds. The van der Waals surface area contributed by atoms with Crippen molar-refractivity contribution in [2.24, 2.45) is 5.73 Å². The molecule has 0 bridgehead atoms. The first-order valence-electron chi connectivity index (χ1n) is 3.39. The zero-order chi connectivity index (χ0) is 7.98. The molecular formula is C9H15N. The molecule has 1 nitrogen and oxygen atoms in total. The summed E-state index contributed by atoms with van der Waals surface area (Å²) in [6, 6.07) is 0. The minimum Gasteiger partial charge on any atom is -0.402 e. The van der Waals surface area contributed by atoms with Gasteiger partial charge in [0.25, 0.3) is 0 Å². The Morgan fingerprint density at radius 3 is 2.60 bits per heavy atom. The van der Waals surface area contributed by atoms with E-state index in [1.54, 1.807) is 0 Å². The number of rotatable bonds is 3. The van der Waals surface area contributed by atoms with Crippen LogP contribution in [0.1, 0.15) is 20.3 Å². The standard InChI is InChI=1S/C9H15N/c1-4-8(2)6-5-7-9(3)10/h4-6H,3,7,10H2,1-2H3/b6-5-,8-4-. The quantitative estimate of drug-likeness (QED) is 0.594. The molecule has 1 heteroatoms. The van der Waals surface area contributed by atoms with Crippen LogP contribution >= 0.6 is 0 Å². The van der Waals surface area contributed by atoms with Gasteiger partial charge in [0.05, 0.1) is 0 Å². The molecule has 0 fully saturated rings. The molecule has 0 aromatic rings. The van der Waals surface area contributed by atoms with Crippen LogP contribution < -0.4 is 5.73 Å². The van der Waals surface area contributed by atoms with Gasteiger partial charge in [-0.15, -0.1) is 0 Å². The summed E-state index contributed by atoms with van der Waals surface area (Å²) in [5.41, 5.74) is 7.31. The normalized spacial score (nSPS) is 12.4. The first-order valence-corrected chi connectivity index (χ1v) is 3.39. The van der Waals surface area contributed by atoms with Crippen LogP contribution in [0.5, 0.6) is 0 Å². The van der Waals surface area contributed by atoms with Gasteiger partial charge in [-0.2, -0.15) is 0 Å². The highest BCUT2D eigenvalue weighted by Crippen LogP contribution is 1.97. The van der Waals surface area contributed by atoms with Gasteiger partial charge < -0.3 is 5.73 Å². The van der Waals surface area contributed by atoms with E-state index in [-0.39, 0.29) is 0 Å². The number of hydrogen-bond acceptors (Lipinski definition) is 1. The third-order valence-electron chi connectivity index (χ3n) is 1.22. The molecule has 2 N–H and O–H groups in total. The smallest absolute Gasteiger partial charge is 0.00464 e. The van der Waals surface area contributed by atoms with Crippen molar-refractivity contribution in [2.75, 3.05) is 0 Å². The fraction of sp³-hybridized carbons (Fsp3) is 0.333. The second kappa shape index (κ2) is 4.86. The van der Waals surface area contributed by atoms with Crippen molar-refractivity contribution in [2.45, 2.75) is 20.3 Å². The Bertz CT molecular complexity index is 164.